The summed E-state index contributed by atoms with van der Waals surface area (Å²) in [6.07, 6.45) is -4.59. The number of ketones is 1. The summed E-state index contributed by atoms with van der Waals surface area (Å²) < 4.78 is 35.2. The van der Waals surface area contributed by atoms with Crippen LogP contribution in [0.2, 0.25) is 0 Å². The Morgan fingerprint density at radius 3 is 2.31 bits per heavy atom. The molecule has 0 bridgehead atoms. The van der Waals surface area contributed by atoms with Crippen molar-refractivity contribution < 1.29 is 18.0 Å². The van der Waals surface area contributed by atoms with Crippen LogP contribution in [0.15, 0.2) is 4.99 Å². The summed E-state index contributed by atoms with van der Waals surface area (Å²) in [5.74, 6) is -1.73. The molecule has 0 aliphatic rings. The number of carbonyl (C=O) groups excluding carboxylic acids is 1. The third-order valence-electron chi connectivity index (χ3n) is 1.34. The third kappa shape index (κ3) is 5.38. The molecule has 76 valence electrons. The molecule has 5 heteroatoms. The normalized spacial score (nSPS) is 13.2. The molecule has 0 aromatic rings. The number of hydrogen-bond acceptors (Lipinski definition) is 2. The number of carbonyl (C=O) groups is 1. The molecule has 0 unspecified atom stereocenters. The van der Waals surface area contributed by atoms with Gasteiger partial charge in [-0.05, 0) is 13.3 Å². The van der Waals surface area contributed by atoms with Crippen molar-refractivity contribution in [3.8, 4) is 0 Å². The predicted molar refractivity (Wildman–Crippen MR) is 43.9 cm³/mol. The Hall–Kier alpha value is -0.870. The first-order valence-corrected chi connectivity index (χ1v) is 3.98. The fourth-order valence-corrected chi connectivity index (χ4v) is 0.691. The summed E-state index contributed by atoms with van der Waals surface area (Å²) in [6.45, 7) is 3.76. The second-order valence-electron chi connectivity index (χ2n) is 2.71. The molecule has 0 amide bonds. The summed E-state index contributed by atoms with van der Waals surface area (Å²) >= 11 is 0. The quantitative estimate of drug-likeness (QED) is 0.633. The first-order valence-electron chi connectivity index (χ1n) is 3.98. The molecule has 0 N–H and O–H groups in total. The van der Waals surface area contributed by atoms with Crippen LogP contribution in [-0.4, -0.2) is 24.2 Å². The first kappa shape index (κ1) is 12.1. The first-order chi connectivity index (χ1) is 5.88. The zero-order valence-electron chi connectivity index (χ0n) is 7.61. The minimum Gasteiger partial charge on any atom is -0.294 e. The van der Waals surface area contributed by atoms with Gasteiger partial charge < -0.3 is 0 Å². The van der Waals surface area contributed by atoms with E-state index in [1.807, 2.05) is 6.92 Å². The van der Waals surface area contributed by atoms with E-state index in [9.17, 15) is 18.0 Å². The molecule has 0 aromatic heterocycles. The third-order valence-corrected chi connectivity index (χ3v) is 1.34. The summed E-state index contributed by atoms with van der Waals surface area (Å²) in [7, 11) is 0. The van der Waals surface area contributed by atoms with Gasteiger partial charge in [-0.1, -0.05) is 6.92 Å². The Balaban J connectivity index is 4.07. The van der Waals surface area contributed by atoms with Crippen LogP contribution in [-0.2, 0) is 4.79 Å². The van der Waals surface area contributed by atoms with Gasteiger partial charge in [-0.15, -0.1) is 0 Å². The molecule has 0 spiro atoms. The van der Waals surface area contributed by atoms with Crippen molar-refractivity contribution in [1.82, 2.24) is 0 Å². The summed E-state index contributed by atoms with van der Waals surface area (Å²) in [4.78, 5) is 14.2. The van der Waals surface area contributed by atoms with E-state index >= 15 is 0 Å². The van der Waals surface area contributed by atoms with Gasteiger partial charge in [-0.25, -0.2) is 0 Å². The number of nitrogens with zero attached hydrogens (tertiary/aromatic N) is 1. The molecule has 13 heavy (non-hydrogen) atoms. The van der Waals surface area contributed by atoms with Gasteiger partial charge in [0.25, 0.3) is 0 Å². The number of halogens is 3. The lowest BCUT2D eigenvalue weighted by molar-refractivity contribution is -0.169. The van der Waals surface area contributed by atoms with Crippen LogP contribution in [0.1, 0.15) is 26.7 Å². The van der Waals surface area contributed by atoms with Crippen LogP contribution in [0.4, 0.5) is 13.2 Å². The fourth-order valence-electron chi connectivity index (χ4n) is 0.691. The highest BCUT2D eigenvalue weighted by atomic mass is 19.4. The summed E-state index contributed by atoms with van der Waals surface area (Å²) in [6, 6.07) is 0. The van der Waals surface area contributed by atoms with E-state index in [0.717, 1.165) is 6.42 Å². The van der Waals surface area contributed by atoms with Crippen LogP contribution >= 0.6 is 0 Å². The van der Waals surface area contributed by atoms with Crippen molar-refractivity contribution in [2.75, 3.05) is 6.54 Å². The van der Waals surface area contributed by atoms with Gasteiger partial charge in [0, 0.05) is 12.3 Å². The topological polar surface area (TPSA) is 29.4 Å². The average molecular weight is 195 g/mol. The Morgan fingerprint density at radius 2 is 1.92 bits per heavy atom. The zero-order chi connectivity index (χ0) is 10.5. The second-order valence-corrected chi connectivity index (χ2v) is 2.71. The maximum atomic E-state index is 11.7. The Bertz CT molecular complexity index is 208. The lowest BCUT2D eigenvalue weighted by Gasteiger charge is -2.04. The number of alkyl halides is 3. The molecule has 0 rings (SSSR count). The summed E-state index contributed by atoms with van der Waals surface area (Å²) in [5.41, 5.74) is 0.240. The number of hydrogen-bond donors (Lipinski definition) is 0. The van der Waals surface area contributed by atoms with Gasteiger partial charge >= 0.3 is 6.18 Å². The van der Waals surface area contributed by atoms with Crippen molar-refractivity contribution in [1.29, 1.82) is 0 Å². The smallest absolute Gasteiger partial charge is 0.294 e. The van der Waals surface area contributed by atoms with E-state index in [1.165, 1.54) is 6.92 Å². The van der Waals surface area contributed by atoms with E-state index < -0.39 is 18.4 Å². The lowest BCUT2D eigenvalue weighted by Crippen LogP contribution is -2.24. The van der Waals surface area contributed by atoms with Gasteiger partial charge in [0.15, 0.2) is 0 Å². The van der Waals surface area contributed by atoms with Crippen LogP contribution in [0.25, 0.3) is 0 Å². The second kappa shape index (κ2) is 4.99. The number of aliphatic imine (C=N–C) groups is 1. The minimum atomic E-state index is -4.73. The molecule has 0 radical (unpaired) electrons. The molecule has 0 atom stereocenters. The molecule has 0 aliphatic heterocycles. The van der Waals surface area contributed by atoms with E-state index in [1.54, 1.807) is 0 Å². The van der Waals surface area contributed by atoms with Gasteiger partial charge in [0.1, 0.15) is 0 Å². The summed E-state index contributed by atoms with van der Waals surface area (Å²) in [5, 5.41) is 0. The zero-order valence-corrected chi connectivity index (χ0v) is 7.61. The average Bonchev–Trinajstić information content (AvgIpc) is 1.99. The highest BCUT2D eigenvalue weighted by Crippen LogP contribution is 2.17. The molecule has 0 saturated carbocycles. The van der Waals surface area contributed by atoms with Crippen molar-refractivity contribution in [2.24, 2.45) is 4.99 Å². The lowest BCUT2D eigenvalue weighted by atomic mass is 10.2. The van der Waals surface area contributed by atoms with Crippen molar-refractivity contribution >= 4 is 11.5 Å². The van der Waals surface area contributed by atoms with Crippen molar-refractivity contribution in [3.05, 3.63) is 0 Å². The SMILES string of the molecule is CCC/N=C(\C)CC(=O)C(F)(F)F. The van der Waals surface area contributed by atoms with E-state index in [4.69, 9.17) is 0 Å². The Morgan fingerprint density at radius 1 is 1.38 bits per heavy atom. The van der Waals surface area contributed by atoms with E-state index in [2.05, 4.69) is 4.99 Å². The van der Waals surface area contributed by atoms with Gasteiger partial charge in [0.2, 0.25) is 5.78 Å². The predicted octanol–water partition coefficient (Wildman–Crippen LogP) is 2.38. The molecule has 2 nitrogen and oxygen atoms in total. The maximum Gasteiger partial charge on any atom is 0.450 e. The van der Waals surface area contributed by atoms with Crippen molar-refractivity contribution in [2.45, 2.75) is 32.9 Å². The van der Waals surface area contributed by atoms with Gasteiger partial charge in [-0.3, -0.25) is 9.79 Å². The van der Waals surface area contributed by atoms with E-state index in [-0.39, 0.29) is 5.71 Å². The van der Waals surface area contributed by atoms with E-state index in [0.29, 0.717) is 6.54 Å². The Kier molecular flexibility index (Phi) is 4.66. The number of rotatable bonds is 4. The Labute approximate surface area is 74.8 Å². The molecule has 0 fully saturated rings. The number of Topliss-reactive ketones (excluding diaryl/α,β-unsaturated/α-hetero) is 1. The standard InChI is InChI=1S/C8H12F3NO/c1-3-4-12-6(2)5-7(13)8(9,10)11/h3-5H2,1-2H3/b12-6+. The van der Waals surface area contributed by atoms with Gasteiger partial charge in [0.05, 0.1) is 6.42 Å². The molecular weight excluding hydrogens is 183 g/mol. The van der Waals surface area contributed by atoms with Crippen molar-refractivity contribution in [3.63, 3.8) is 0 Å². The monoisotopic (exact) mass is 195 g/mol. The van der Waals surface area contributed by atoms with Crippen LogP contribution in [0.5, 0.6) is 0 Å². The fraction of sp³-hybridized carbons (Fsp3) is 0.750. The molecule has 0 aliphatic carbocycles. The highest BCUT2D eigenvalue weighted by Gasteiger charge is 2.37. The van der Waals surface area contributed by atoms with Crippen LogP contribution in [0, 0.1) is 0 Å². The van der Waals surface area contributed by atoms with Crippen LogP contribution in [0.3, 0.4) is 0 Å². The molecule has 0 saturated heterocycles. The molecular formula is C8H12F3NO. The van der Waals surface area contributed by atoms with Crippen LogP contribution < -0.4 is 0 Å². The largest absolute Gasteiger partial charge is 0.450 e. The molecule has 0 heterocycles. The minimum absolute atomic E-state index is 0.240. The highest BCUT2D eigenvalue weighted by molar-refractivity contribution is 6.03. The maximum absolute atomic E-state index is 11.7. The molecule has 0 aromatic carbocycles. The van der Waals surface area contributed by atoms with Gasteiger partial charge in [-0.2, -0.15) is 13.2 Å².